The van der Waals surface area contributed by atoms with E-state index in [1.165, 1.54) is 11.9 Å². The second-order valence-corrected chi connectivity index (χ2v) is 6.62. The first-order valence-electron chi connectivity index (χ1n) is 8.73. The molecule has 0 aromatic heterocycles. The van der Waals surface area contributed by atoms with Crippen LogP contribution in [-0.4, -0.2) is 42.8 Å². The van der Waals surface area contributed by atoms with E-state index in [0.717, 1.165) is 22.4 Å². The molecule has 27 heavy (non-hydrogen) atoms. The van der Waals surface area contributed by atoms with E-state index in [2.05, 4.69) is 10.6 Å². The molecule has 3 amide bonds. The number of benzene rings is 2. The van der Waals surface area contributed by atoms with E-state index in [9.17, 15) is 14.4 Å². The van der Waals surface area contributed by atoms with Crippen LogP contribution in [0.25, 0.3) is 0 Å². The third-order valence-electron chi connectivity index (χ3n) is 4.18. The van der Waals surface area contributed by atoms with Gasteiger partial charge < -0.3 is 15.5 Å². The molecule has 6 heteroatoms. The molecule has 0 heterocycles. The van der Waals surface area contributed by atoms with Gasteiger partial charge in [-0.05, 0) is 44.0 Å². The number of anilines is 1. The van der Waals surface area contributed by atoms with Crippen LogP contribution >= 0.6 is 0 Å². The van der Waals surface area contributed by atoms with Crippen LogP contribution in [0.5, 0.6) is 0 Å². The molecule has 6 nitrogen and oxygen atoms in total. The Hall–Kier alpha value is -3.15. The molecule has 0 spiro atoms. The van der Waals surface area contributed by atoms with Gasteiger partial charge in [0.1, 0.15) is 0 Å². The summed E-state index contributed by atoms with van der Waals surface area (Å²) in [6.45, 7) is 5.61. The van der Waals surface area contributed by atoms with Crippen LogP contribution in [-0.2, 0) is 9.59 Å². The number of rotatable bonds is 6. The summed E-state index contributed by atoms with van der Waals surface area (Å²) >= 11 is 0. The molecule has 142 valence electrons. The summed E-state index contributed by atoms with van der Waals surface area (Å²) in [5, 5.41) is 5.43. The molecule has 2 aromatic rings. The van der Waals surface area contributed by atoms with E-state index in [0.29, 0.717) is 5.56 Å². The summed E-state index contributed by atoms with van der Waals surface area (Å²) < 4.78 is 0. The lowest BCUT2D eigenvalue weighted by atomic mass is 10.1. The normalized spacial score (nSPS) is 10.2. The lowest BCUT2D eigenvalue weighted by molar-refractivity contribution is -0.132. The van der Waals surface area contributed by atoms with Crippen molar-refractivity contribution in [3.63, 3.8) is 0 Å². The maximum absolute atomic E-state index is 12.3. The number of nitrogens with one attached hydrogen (secondary N) is 2. The van der Waals surface area contributed by atoms with Gasteiger partial charge in [0.05, 0.1) is 13.1 Å². The summed E-state index contributed by atoms with van der Waals surface area (Å²) in [5.74, 6) is -0.949. The highest BCUT2D eigenvalue weighted by Gasteiger charge is 2.16. The average molecular weight is 367 g/mol. The first-order valence-corrected chi connectivity index (χ1v) is 8.73. The molecule has 2 rings (SSSR count). The lowest BCUT2D eigenvalue weighted by Crippen LogP contribution is -2.41. The first kappa shape index (κ1) is 20.2. The van der Waals surface area contributed by atoms with Crippen LogP contribution < -0.4 is 10.6 Å². The van der Waals surface area contributed by atoms with Crippen molar-refractivity contribution in [2.24, 2.45) is 0 Å². The number of likely N-dealkylation sites (N-methyl/N-ethyl adjacent to an activating group) is 1. The maximum atomic E-state index is 12.3. The van der Waals surface area contributed by atoms with Gasteiger partial charge in [0.15, 0.2) is 0 Å². The Bertz CT molecular complexity index is 824. The molecule has 0 unspecified atom stereocenters. The van der Waals surface area contributed by atoms with Gasteiger partial charge in [-0.15, -0.1) is 0 Å². The van der Waals surface area contributed by atoms with E-state index in [1.54, 1.807) is 24.3 Å². The number of hydrogen-bond acceptors (Lipinski definition) is 3. The van der Waals surface area contributed by atoms with Crippen molar-refractivity contribution < 1.29 is 14.4 Å². The van der Waals surface area contributed by atoms with E-state index in [4.69, 9.17) is 0 Å². The molecule has 0 radical (unpaired) electrons. The summed E-state index contributed by atoms with van der Waals surface area (Å²) in [7, 11) is 1.53. The van der Waals surface area contributed by atoms with E-state index in [1.807, 2.05) is 39.0 Å². The minimum atomic E-state index is -0.341. The highest BCUT2D eigenvalue weighted by atomic mass is 16.2. The van der Waals surface area contributed by atoms with Gasteiger partial charge >= 0.3 is 0 Å². The van der Waals surface area contributed by atoms with Crippen LogP contribution in [0.1, 0.15) is 27.0 Å². The molecular formula is C21H25N3O3. The van der Waals surface area contributed by atoms with Crippen molar-refractivity contribution in [3.05, 3.63) is 64.7 Å². The van der Waals surface area contributed by atoms with E-state index >= 15 is 0 Å². The standard InChI is InChI=1S/C21H25N3O3/c1-14-10-15(2)20(16(3)11-14)23-18(25)13-24(4)19(26)12-22-21(27)17-8-6-5-7-9-17/h5-11H,12-13H2,1-4H3,(H,22,27)(H,23,25). The SMILES string of the molecule is Cc1cc(C)c(NC(=O)CN(C)C(=O)CNC(=O)c2ccccc2)c(C)c1. The summed E-state index contributed by atoms with van der Waals surface area (Å²) in [6.07, 6.45) is 0. The lowest BCUT2D eigenvalue weighted by Gasteiger charge is -2.18. The topological polar surface area (TPSA) is 78.5 Å². The van der Waals surface area contributed by atoms with Gasteiger partial charge in [0.2, 0.25) is 11.8 Å². The van der Waals surface area contributed by atoms with Crippen molar-refractivity contribution in [2.45, 2.75) is 20.8 Å². The van der Waals surface area contributed by atoms with Crippen molar-refractivity contribution in [1.29, 1.82) is 0 Å². The molecule has 0 aliphatic carbocycles. The van der Waals surface area contributed by atoms with Gasteiger partial charge in [-0.3, -0.25) is 14.4 Å². The third kappa shape index (κ3) is 5.67. The van der Waals surface area contributed by atoms with Crippen molar-refractivity contribution in [2.75, 3.05) is 25.5 Å². The van der Waals surface area contributed by atoms with Crippen molar-refractivity contribution >= 4 is 23.4 Å². The quantitative estimate of drug-likeness (QED) is 0.823. The minimum absolute atomic E-state index is 0.0905. The predicted molar refractivity (Wildman–Crippen MR) is 106 cm³/mol. The van der Waals surface area contributed by atoms with E-state index in [-0.39, 0.29) is 30.8 Å². The minimum Gasteiger partial charge on any atom is -0.343 e. The Morgan fingerprint density at radius 3 is 2.15 bits per heavy atom. The Morgan fingerprint density at radius 2 is 1.56 bits per heavy atom. The molecule has 0 fully saturated rings. The van der Waals surface area contributed by atoms with Gasteiger partial charge in [-0.2, -0.15) is 0 Å². The summed E-state index contributed by atoms with van der Waals surface area (Å²) in [5.41, 5.74) is 4.33. The predicted octanol–water partition coefficient (Wildman–Crippen LogP) is 2.44. The molecule has 2 N–H and O–H groups in total. The average Bonchev–Trinajstić information content (AvgIpc) is 2.63. The summed E-state index contributed by atoms with van der Waals surface area (Å²) in [4.78, 5) is 37.7. The van der Waals surface area contributed by atoms with Crippen LogP contribution in [0.3, 0.4) is 0 Å². The smallest absolute Gasteiger partial charge is 0.251 e. The number of nitrogens with zero attached hydrogens (tertiary/aromatic N) is 1. The number of aryl methyl sites for hydroxylation is 3. The molecule has 2 aromatic carbocycles. The van der Waals surface area contributed by atoms with Crippen LogP contribution in [0.15, 0.2) is 42.5 Å². The second-order valence-electron chi connectivity index (χ2n) is 6.62. The maximum Gasteiger partial charge on any atom is 0.251 e. The fourth-order valence-corrected chi connectivity index (χ4v) is 2.84. The number of amides is 3. The fourth-order valence-electron chi connectivity index (χ4n) is 2.84. The molecule has 0 saturated carbocycles. The Morgan fingerprint density at radius 1 is 0.963 bits per heavy atom. The highest BCUT2D eigenvalue weighted by Crippen LogP contribution is 2.21. The van der Waals surface area contributed by atoms with Crippen molar-refractivity contribution in [1.82, 2.24) is 10.2 Å². The zero-order valence-electron chi connectivity index (χ0n) is 16.1. The number of carbonyl (C=O) groups excluding carboxylic acids is 3. The Balaban J connectivity index is 1.87. The Labute approximate surface area is 159 Å². The molecule has 0 saturated heterocycles. The van der Waals surface area contributed by atoms with Gasteiger partial charge in [-0.25, -0.2) is 0 Å². The van der Waals surface area contributed by atoms with E-state index < -0.39 is 0 Å². The third-order valence-corrected chi connectivity index (χ3v) is 4.18. The zero-order valence-corrected chi connectivity index (χ0v) is 16.1. The monoisotopic (exact) mass is 367 g/mol. The Kier molecular flexibility index (Phi) is 6.71. The van der Waals surface area contributed by atoms with Gasteiger partial charge in [0.25, 0.3) is 5.91 Å². The van der Waals surface area contributed by atoms with Crippen molar-refractivity contribution in [3.8, 4) is 0 Å². The zero-order chi connectivity index (χ0) is 20.0. The number of hydrogen-bond donors (Lipinski definition) is 2. The molecular weight excluding hydrogens is 342 g/mol. The highest BCUT2D eigenvalue weighted by molar-refractivity contribution is 5.98. The van der Waals surface area contributed by atoms with Crippen LogP contribution in [0.2, 0.25) is 0 Å². The van der Waals surface area contributed by atoms with Gasteiger partial charge in [0, 0.05) is 18.3 Å². The molecule has 0 atom stereocenters. The summed E-state index contributed by atoms with van der Waals surface area (Å²) in [6, 6.07) is 12.6. The fraction of sp³-hybridized carbons (Fsp3) is 0.286. The number of carbonyl (C=O) groups is 3. The molecule has 0 aliphatic rings. The van der Waals surface area contributed by atoms with Crippen LogP contribution in [0.4, 0.5) is 5.69 Å². The van der Waals surface area contributed by atoms with Crippen LogP contribution in [0, 0.1) is 20.8 Å². The first-order chi connectivity index (χ1) is 12.8. The molecule has 0 bridgehead atoms. The molecule has 0 aliphatic heterocycles. The second kappa shape index (κ2) is 8.98. The van der Waals surface area contributed by atoms with Gasteiger partial charge in [-0.1, -0.05) is 35.9 Å². The largest absolute Gasteiger partial charge is 0.343 e.